The Morgan fingerprint density at radius 3 is 3.08 bits per heavy atom. The van der Waals surface area contributed by atoms with Crippen LogP contribution in [-0.2, 0) is 12.8 Å². The molecule has 0 spiro atoms. The van der Waals surface area contributed by atoms with Crippen molar-refractivity contribution in [2.24, 2.45) is 5.73 Å². The van der Waals surface area contributed by atoms with Gasteiger partial charge in [-0.3, -0.25) is 0 Å². The summed E-state index contributed by atoms with van der Waals surface area (Å²) in [5.74, 6) is 0.993. The quantitative estimate of drug-likeness (QED) is 0.705. The van der Waals surface area contributed by atoms with Gasteiger partial charge >= 0.3 is 0 Å². The van der Waals surface area contributed by atoms with Crippen molar-refractivity contribution in [3.63, 3.8) is 0 Å². The van der Waals surface area contributed by atoms with E-state index in [4.69, 9.17) is 10.5 Å². The zero-order valence-corrected chi connectivity index (χ0v) is 7.92. The SMILES string of the molecule is COc1cccc2c1CC(N)CC2. The lowest BCUT2D eigenvalue weighted by Gasteiger charge is -2.23. The van der Waals surface area contributed by atoms with Crippen molar-refractivity contribution in [3.8, 4) is 5.75 Å². The number of methoxy groups -OCH3 is 1. The minimum Gasteiger partial charge on any atom is -0.496 e. The molecular formula is C11H15NO. The Kier molecular flexibility index (Phi) is 2.23. The zero-order valence-electron chi connectivity index (χ0n) is 7.92. The summed E-state index contributed by atoms with van der Waals surface area (Å²) in [5.41, 5.74) is 8.63. The molecule has 0 aliphatic heterocycles. The molecule has 0 fully saturated rings. The van der Waals surface area contributed by atoms with Crippen LogP contribution in [0.3, 0.4) is 0 Å². The molecule has 1 aromatic carbocycles. The van der Waals surface area contributed by atoms with Gasteiger partial charge in [-0.2, -0.15) is 0 Å². The molecule has 0 amide bonds. The van der Waals surface area contributed by atoms with Crippen molar-refractivity contribution in [2.45, 2.75) is 25.3 Å². The summed E-state index contributed by atoms with van der Waals surface area (Å²) in [6.45, 7) is 0. The Morgan fingerprint density at radius 1 is 1.46 bits per heavy atom. The summed E-state index contributed by atoms with van der Waals surface area (Å²) in [6.07, 6.45) is 3.15. The number of benzene rings is 1. The van der Waals surface area contributed by atoms with E-state index in [2.05, 4.69) is 12.1 Å². The average molecular weight is 177 g/mol. The summed E-state index contributed by atoms with van der Waals surface area (Å²) in [4.78, 5) is 0. The molecule has 0 aromatic heterocycles. The summed E-state index contributed by atoms with van der Waals surface area (Å²) in [5, 5.41) is 0. The van der Waals surface area contributed by atoms with Crippen LogP contribution in [0.2, 0.25) is 0 Å². The minimum atomic E-state index is 0.309. The maximum Gasteiger partial charge on any atom is 0.122 e. The summed E-state index contributed by atoms with van der Waals surface area (Å²) in [6, 6.07) is 6.54. The van der Waals surface area contributed by atoms with Crippen LogP contribution in [0.15, 0.2) is 18.2 Å². The van der Waals surface area contributed by atoms with E-state index in [0.29, 0.717) is 6.04 Å². The van der Waals surface area contributed by atoms with Crippen LogP contribution in [0, 0.1) is 0 Å². The van der Waals surface area contributed by atoms with Crippen LogP contribution in [0.4, 0.5) is 0 Å². The first-order chi connectivity index (χ1) is 6.31. The molecule has 2 heteroatoms. The summed E-state index contributed by atoms with van der Waals surface area (Å²) >= 11 is 0. The second kappa shape index (κ2) is 3.38. The molecule has 0 heterocycles. The normalized spacial score (nSPS) is 20.9. The van der Waals surface area contributed by atoms with Crippen molar-refractivity contribution >= 4 is 0 Å². The monoisotopic (exact) mass is 177 g/mol. The second-order valence-electron chi connectivity index (χ2n) is 3.60. The van der Waals surface area contributed by atoms with Crippen molar-refractivity contribution < 1.29 is 4.74 Å². The van der Waals surface area contributed by atoms with E-state index in [0.717, 1.165) is 25.0 Å². The fourth-order valence-electron chi connectivity index (χ4n) is 1.97. The first kappa shape index (κ1) is 8.57. The zero-order chi connectivity index (χ0) is 9.26. The van der Waals surface area contributed by atoms with Crippen molar-refractivity contribution in [1.29, 1.82) is 0 Å². The number of hydrogen-bond acceptors (Lipinski definition) is 2. The molecule has 70 valence electrons. The molecule has 1 aliphatic carbocycles. The van der Waals surface area contributed by atoms with Crippen LogP contribution in [0.25, 0.3) is 0 Å². The Hall–Kier alpha value is -1.02. The highest BCUT2D eigenvalue weighted by atomic mass is 16.5. The van der Waals surface area contributed by atoms with Gasteiger partial charge in [0, 0.05) is 6.04 Å². The predicted molar refractivity (Wildman–Crippen MR) is 53.0 cm³/mol. The molecule has 1 aliphatic rings. The predicted octanol–water partition coefficient (Wildman–Crippen LogP) is 1.51. The van der Waals surface area contributed by atoms with E-state index in [-0.39, 0.29) is 0 Å². The van der Waals surface area contributed by atoms with Gasteiger partial charge in [0.1, 0.15) is 5.75 Å². The third-order valence-electron chi connectivity index (χ3n) is 2.70. The number of rotatable bonds is 1. The van der Waals surface area contributed by atoms with Crippen molar-refractivity contribution in [3.05, 3.63) is 29.3 Å². The molecule has 2 N–H and O–H groups in total. The van der Waals surface area contributed by atoms with E-state index in [1.54, 1.807) is 7.11 Å². The number of ether oxygens (including phenoxy) is 1. The van der Waals surface area contributed by atoms with Crippen LogP contribution in [-0.4, -0.2) is 13.2 Å². The Bertz CT molecular complexity index is 295. The van der Waals surface area contributed by atoms with Crippen LogP contribution >= 0.6 is 0 Å². The van der Waals surface area contributed by atoms with Gasteiger partial charge in [0.2, 0.25) is 0 Å². The maximum absolute atomic E-state index is 5.92. The highest BCUT2D eigenvalue weighted by Crippen LogP contribution is 2.28. The van der Waals surface area contributed by atoms with Gasteiger partial charge in [0.25, 0.3) is 0 Å². The summed E-state index contributed by atoms with van der Waals surface area (Å²) < 4.78 is 5.31. The Labute approximate surface area is 78.7 Å². The second-order valence-corrected chi connectivity index (χ2v) is 3.60. The molecule has 1 aromatic rings. The third-order valence-corrected chi connectivity index (χ3v) is 2.70. The standard InChI is InChI=1S/C11H15NO/c1-13-11-4-2-3-8-5-6-9(12)7-10(8)11/h2-4,9H,5-7,12H2,1H3. The Balaban J connectivity index is 2.41. The lowest BCUT2D eigenvalue weighted by molar-refractivity contribution is 0.403. The van der Waals surface area contributed by atoms with Crippen molar-refractivity contribution in [2.75, 3.05) is 7.11 Å². The van der Waals surface area contributed by atoms with Gasteiger partial charge < -0.3 is 10.5 Å². The van der Waals surface area contributed by atoms with Gasteiger partial charge in [0.05, 0.1) is 7.11 Å². The number of fused-ring (bicyclic) bond motifs is 1. The lowest BCUT2D eigenvalue weighted by atomic mass is 9.88. The molecule has 2 nitrogen and oxygen atoms in total. The first-order valence-electron chi connectivity index (χ1n) is 4.71. The lowest BCUT2D eigenvalue weighted by Crippen LogP contribution is -2.28. The van der Waals surface area contributed by atoms with E-state index in [1.807, 2.05) is 6.07 Å². The topological polar surface area (TPSA) is 35.2 Å². The van der Waals surface area contributed by atoms with Gasteiger partial charge in [0.15, 0.2) is 0 Å². The molecule has 0 saturated heterocycles. The van der Waals surface area contributed by atoms with Gasteiger partial charge in [-0.25, -0.2) is 0 Å². The Morgan fingerprint density at radius 2 is 2.31 bits per heavy atom. The summed E-state index contributed by atoms with van der Waals surface area (Å²) in [7, 11) is 1.72. The fraction of sp³-hybridized carbons (Fsp3) is 0.455. The maximum atomic E-state index is 5.92. The number of hydrogen-bond donors (Lipinski definition) is 1. The van der Waals surface area contributed by atoms with E-state index in [9.17, 15) is 0 Å². The van der Waals surface area contributed by atoms with Crippen LogP contribution < -0.4 is 10.5 Å². The van der Waals surface area contributed by atoms with Gasteiger partial charge in [-0.15, -0.1) is 0 Å². The number of nitrogens with two attached hydrogens (primary N) is 1. The fourth-order valence-corrected chi connectivity index (χ4v) is 1.97. The van der Waals surface area contributed by atoms with Gasteiger partial charge in [-0.05, 0) is 36.5 Å². The van der Waals surface area contributed by atoms with Crippen molar-refractivity contribution in [1.82, 2.24) is 0 Å². The molecule has 0 radical (unpaired) electrons. The minimum absolute atomic E-state index is 0.309. The van der Waals surface area contributed by atoms with E-state index >= 15 is 0 Å². The molecule has 0 bridgehead atoms. The molecular weight excluding hydrogens is 162 g/mol. The third kappa shape index (κ3) is 1.54. The molecule has 1 unspecified atom stereocenters. The van der Waals surface area contributed by atoms with Crippen LogP contribution in [0.5, 0.6) is 5.75 Å². The number of aryl methyl sites for hydroxylation is 1. The molecule has 0 saturated carbocycles. The molecule has 2 rings (SSSR count). The highest BCUT2D eigenvalue weighted by Gasteiger charge is 2.18. The highest BCUT2D eigenvalue weighted by molar-refractivity contribution is 5.42. The van der Waals surface area contributed by atoms with Crippen LogP contribution in [0.1, 0.15) is 17.5 Å². The van der Waals surface area contributed by atoms with E-state index < -0.39 is 0 Å². The van der Waals surface area contributed by atoms with Gasteiger partial charge in [-0.1, -0.05) is 12.1 Å². The molecule has 1 atom stereocenters. The average Bonchev–Trinajstić information content (AvgIpc) is 2.17. The molecule has 13 heavy (non-hydrogen) atoms. The van der Waals surface area contributed by atoms with E-state index in [1.165, 1.54) is 11.1 Å². The first-order valence-corrected chi connectivity index (χ1v) is 4.71. The largest absolute Gasteiger partial charge is 0.496 e. The smallest absolute Gasteiger partial charge is 0.122 e.